The highest BCUT2D eigenvalue weighted by Gasteiger charge is 2.44. The van der Waals surface area contributed by atoms with E-state index < -0.39 is 0 Å². The van der Waals surface area contributed by atoms with Crippen molar-refractivity contribution in [2.75, 3.05) is 37.7 Å². The first kappa shape index (κ1) is 16.3. The summed E-state index contributed by atoms with van der Waals surface area (Å²) in [5.41, 5.74) is 0.530. The largest absolute Gasteiger partial charge is 0.375 e. The Balaban J connectivity index is 0.000000771. The van der Waals surface area contributed by atoms with Crippen LogP contribution in [0.3, 0.4) is 0 Å². The molecule has 1 aliphatic carbocycles. The first-order chi connectivity index (χ1) is 8.49. The Morgan fingerprint density at radius 2 is 1.67 bits per heavy atom. The van der Waals surface area contributed by atoms with E-state index in [2.05, 4.69) is 37.4 Å². The molecule has 2 nitrogen and oxygen atoms in total. The van der Waals surface area contributed by atoms with Gasteiger partial charge in [0.1, 0.15) is 0 Å². The molecule has 18 heavy (non-hydrogen) atoms. The highest BCUT2D eigenvalue weighted by atomic mass is 32.2. The molecule has 0 bridgehead atoms. The molecule has 0 aromatic carbocycles. The molecular weight excluding hydrogens is 242 g/mol. The van der Waals surface area contributed by atoms with Crippen LogP contribution in [0.5, 0.6) is 0 Å². The van der Waals surface area contributed by atoms with Crippen molar-refractivity contribution in [3.63, 3.8) is 0 Å². The first-order valence-corrected chi connectivity index (χ1v) is 8.59. The number of hydrogen-bond acceptors (Lipinski definition) is 3. The lowest BCUT2D eigenvalue weighted by atomic mass is 10.1. The summed E-state index contributed by atoms with van der Waals surface area (Å²) in [5.74, 6) is 2.63. The summed E-state index contributed by atoms with van der Waals surface area (Å²) >= 11 is 2.09. The van der Waals surface area contributed by atoms with Crippen LogP contribution in [-0.4, -0.2) is 48.2 Å². The van der Waals surface area contributed by atoms with E-state index in [1.165, 1.54) is 44.0 Å². The molecule has 0 aromatic rings. The molecule has 1 aliphatic heterocycles. The Hall–Kier alpha value is 0.270. The molecule has 0 radical (unpaired) electrons. The number of rotatable bonds is 4. The summed E-state index contributed by atoms with van der Waals surface area (Å²) < 4.78 is 5.97. The molecule has 108 valence electrons. The fourth-order valence-corrected chi connectivity index (χ4v) is 3.11. The Morgan fingerprint density at radius 1 is 1.11 bits per heavy atom. The van der Waals surface area contributed by atoms with Crippen LogP contribution in [0.2, 0.25) is 0 Å². The summed E-state index contributed by atoms with van der Waals surface area (Å²) in [6, 6.07) is 0. The van der Waals surface area contributed by atoms with Gasteiger partial charge in [0.25, 0.3) is 0 Å². The molecular formula is C15H31NOS. The van der Waals surface area contributed by atoms with Gasteiger partial charge >= 0.3 is 0 Å². The molecule has 0 N–H and O–H groups in total. The lowest BCUT2D eigenvalue weighted by Crippen LogP contribution is -2.39. The third kappa shape index (κ3) is 5.94. The van der Waals surface area contributed by atoms with Gasteiger partial charge in [0.15, 0.2) is 0 Å². The summed E-state index contributed by atoms with van der Waals surface area (Å²) in [7, 11) is 0. The van der Waals surface area contributed by atoms with Gasteiger partial charge < -0.3 is 9.64 Å². The fraction of sp³-hybridized carbons (Fsp3) is 1.00. The smallest absolute Gasteiger partial charge is 0.0598 e. The monoisotopic (exact) mass is 273 g/mol. The second kappa shape index (κ2) is 7.16. The summed E-state index contributed by atoms with van der Waals surface area (Å²) in [6.45, 7) is 15.2. The summed E-state index contributed by atoms with van der Waals surface area (Å²) in [4.78, 5) is 2.63. The molecule has 2 aliphatic rings. The molecule has 0 atom stereocenters. The van der Waals surface area contributed by atoms with Gasteiger partial charge in [-0.3, -0.25) is 0 Å². The van der Waals surface area contributed by atoms with Crippen molar-refractivity contribution in [2.45, 2.75) is 53.1 Å². The van der Waals surface area contributed by atoms with Gasteiger partial charge in [-0.25, -0.2) is 0 Å². The molecule has 2 rings (SSSR count). The van der Waals surface area contributed by atoms with Crippen LogP contribution in [0.4, 0.5) is 0 Å². The average Bonchev–Trinajstić information content (AvgIpc) is 3.10. The standard InChI is InChI=1S/C13H25NOS.C2H6/c1-12(2,3)15-11-13(4-5-13)10-14-6-8-16-9-7-14;1-2/h4-11H2,1-3H3;1-2H3. The number of nitrogens with zero attached hydrogens (tertiary/aromatic N) is 1. The second-order valence-corrected chi connectivity index (χ2v) is 7.51. The predicted octanol–water partition coefficient (Wildman–Crippen LogP) is 3.66. The molecule has 2 fully saturated rings. The van der Waals surface area contributed by atoms with E-state index in [4.69, 9.17) is 4.74 Å². The topological polar surface area (TPSA) is 12.5 Å². The van der Waals surface area contributed by atoms with Crippen molar-refractivity contribution in [1.29, 1.82) is 0 Å². The maximum Gasteiger partial charge on any atom is 0.0598 e. The Labute approximate surface area is 118 Å². The van der Waals surface area contributed by atoms with E-state index in [9.17, 15) is 0 Å². The molecule has 0 aromatic heterocycles. The van der Waals surface area contributed by atoms with Gasteiger partial charge in [-0.15, -0.1) is 0 Å². The summed E-state index contributed by atoms with van der Waals surface area (Å²) in [5, 5.41) is 0. The van der Waals surface area contributed by atoms with Crippen LogP contribution in [0, 0.1) is 5.41 Å². The number of hydrogen-bond donors (Lipinski definition) is 0. The molecule has 0 amide bonds. The third-order valence-corrected chi connectivity index (χ3v) is 4.37. The minimum absolute atomic E-state index is 0.0212. The lowest BCUT2D eigenvalue weighted by Gasteiger charge is -2.31. The average molecular weight is 273 g/mol. The number of thioether (sulfide) groups is 1. The SMILES string of the molecule is CC.CC(C)(C)OCC1(CN2CCSCC2)CC1. The zero-order valence-corrected chi connectivity index (χ0v) is 13.7. The van der Waals surface area contributed by atoms with E-state index >= 15 is 0 Å². The van der Waals surface area contributed by atoms with Crippen molar-refractivity contribution in [2.24, 2.45) is 5.41 Å². The van der Waals surface area contributed by atoms with Gasteiger partial charge in [-0.05, 0) is 33.6 Å². The van der Waals surface area contributed by atoms with Crippen molar-refractivity contribution >= 4 is 11.8 Å². The minimum Gasteiger partial charge on any atom is -0.375 e. The van der Waals surface area contributed by atoms with Crippen LogP contribution in [0.1, 0.15) is 47.5 Å². The van der Waals surface area contributed by atoms with E-state index in [-0.39, 0.29) is 5.60 Å². The highest BCUT2D eigenvalue weighted by molar-refractivity contribution is 7.99. The van der Waals surface area contributed by atoms with E-state index in [1.807, 2.05) is 13.8 Å². The van der Waals surface area contributed by atoms with Gasteiger partial charge in [0, 0.05) is 36.6 Å². The Bertz CT molecular complexity index is 227. The zero-order valence-electron chi connectivity index (χ0n) is 12.9. The van der Waals surface area contributed by atoms with Crippen LogP contribution < -0.4 is 0 Å². The van der Waals surface area contributed by atoms with E-state index in [1.54, 1.807) is 0 Å². The van der Waals surface area contributed by atoms with Crippen LogP contribution >= 0.6 is 11.8 Å². The van der Waals surface area contributed by atoms with Crippen LogP contribution in [0.25, 0.3) is 0 Å². The van der Waals surface area contributed by atoms with Crippen molar-refractivity contribution in [3.8, 4) is 0 Å². The van der Waals surface area contributed by atoms with Gasteiger partial charge in [0.2, 0.25) is 0 Å². The minimum atomic E-state index is 0.0212. The molecule has 3 heteroatoms. The van der Waals surface area contributed by atoms with Gasteiger partial charge in [0.05, 0.1) is 12.2 Å². The van der Waals surface area contributed by atoms with Crippen molar-refractivity contribution in [1.82, 2.24) is 4.90 Å². The van der Waals surface area contributed by atoms with Crippen molar-refractivity contribution in [3.05, 3.63) is 0 Å². The molecule has 1 saturated heterocycles. The maximum absolute atomic E-state index is 5.97. The molecule has 1 heterocycles. The summed E-state index contributed by atoms with van der Waals surface area (Å²) in [6.07, 6.45) is 2.74. The normalized spacial score (nSPS) is 23.2. The molecule has 0 spiro atoms. The predicted molar refractivity (Wildman–Crippen MR) is 82.5 cm³/mol. The van der Waals surface area contributed by atoms with E-state index in [0.29, 0.717) is 5.41 Å². The van der Waals surface area contributed by atoms with E-state index in [0.717, 1.165) is 6.61 Å². The van der Waals surface area contributed by atoms with Crippen molar-refractivity contribution < 1.29 is 4.74 Å². The molecule has 0 unspecified atom stereocenters. The molecule has 1 saturated carbocycles. The lowest BCUT2D eigenvalue weighted by molar-refractivity contribution is -0.0335. The first-order valence-electron chi connectivity index (χ1n) is 7.43. The zero-order chi connectivity index (χ0) is 13.6. The van der Waals surface area contributed by atoms with Gasteiger partial charge in [-0.2, -0.15) is 11.8 Å². The third-order valence-electron chi connectivity index (χ3n) is 3.43. The second-order valence-electron chi connectivity index (χ2n) is 6.29. The van der Waals surface area contributed by atoms with Gasteiger partial charge in [-0.1, -0.05) is 13.8 Å². The highest BCUT2D eigenvalue weighted by Crippen LogP contribution is 2.47. The number of ether oxygens (including phenoxy) is 1. The fourth-order valence-electron chi connectivity index (χ4n) is 2.13. The maximum atomic E-state index is 5.97. The van der Waals surface area contributed by atoms with Crippen LogP contribution in [-0.2, 0) is 4.74 Å². The Kier molecular flexibility index (Phi) is 6.49. The van der Waals surface area contributed by atoms with Crippen LogP contribution in [0.15, 0.2) is 0 Å². The quantitative estimate of drug-likeness (QED) is 0.775. The Morgan fingerprint density at radius 3 is 2.11 bits per heavy atom.